The van der Waals surface area contributed by atoms with Gasteiger partial charge in [-0.1, -0.05) is 24.3 Å². The van der Waals surface area contributed by atoms with Crippen molar-refractivity contribution < 1.29 is 9.59 Å². The zero-order valence-electron chi connectivity index (χ0n) is 15.3. The van der Waals surface area contributed by atoms with Crippen LogP contribution in [0.3, 0.4) is 0 Å². The van der Waals surface area contributed by atoms with Gasteiger partial charge in [-0.05, 0) is 62.0 Å². The maximum atomic E-state index is 13.0. The molecule has 1 heterocycles. The van der Waals surface area contributed by atoms with Gasteiger partial charge < -0.3 is 16.0 Å². The SMILES string of the molecule is NC1CCC(CNC(=O)[C@@H]2CCCN2C(=O)[C@@H]2Cc3ccccc32)CC1. The Balaban J connectivity index is 1.33. The number of hydrogen-bond donors (Lipinski definition) is 2. The van der Waals surface area contributed by atoms with E-state index in [1.54, 1.807) is 0 Å². The van der Waals surface area contributed by atoms with E-state index in [-0.39, 0.29) is 23.8 Å². The van der Waals surface area contributed by atoms with Crippen molar-refractivity contribution >= 4 is 11.8 Å². The average molecular weight is 355 g/mol. The van der Waals surface area contributed by atoms with E-state index in [0.29, 0.717) is 18.5 Å². The standard InChI is InChI=1S/C21H29N3O2/c22-16-9-7-14(8-10-16)13-23-20(25)19-6-3-11-24(19)21(26)18-12-15-4-1-2-5-17(15)18/h1-2,4-5,14,16,18-19H,3,6-13,22H2,(H,23,25)/t14?,16?,18-,19+/m1/s1. The Morgan fingerprint density at radius 1 is 1.12 bits per heavy atom. The molecule has 5 heteroatoms. The highest BCUT2D eigenvalue weighted by atomic mass is 16.2. The van der Waals surface area contributed by atoms with Gasteiger partial charge in [-0.3, -0.25) is 9.59 Å². The summed E-state index contributed by atoms with van der Waals surface area (Å²) in [4.78, 5) is 27.5. The lowest BCUT2D eigenvalue weighted by molar-refractivity contribution is -0.140. The van der Waals surface area contributed by atoms with Crippen LogP contribution in [0.2, 0.25) is 0 Å². The summed E-state index contributed by atoms with van der Waals surface area (Å²) in [5, 5.41) is 3.11. The number of nitrogens with two attached hydrogens (primary N) is 1. The van der Waals surface area contributed by atoms with Crippen LogP contribution in [-0.4, -0.2) is 41.9 Å². The molecular weight excluding hydrogens is 326 g/mol. The van der Waals surface area contributed by atoms with Crippen molar-refractivity contribution in [2.75, 3.05) is 13.1 Å². The topological polar surface area (TPSA) is 75.4 Å². The molecule has 2 fully saturated rings. The van der Waals surface area contributed by atoms with Gasteiger partial charge in [-0.15, -0.1) is 0 Å². The number of benzene rings is 1. The Labute approximate surface area is 155 Å². The molecule has 1 aromatic rings. The number of amides is 2. The fourth-order valence-corrected chi connectivity index (χ4v) is 4.74. The number of carbonyl (C=O) groups is 2. The normalized spacial score (nSPS) is 30.4. The van der Waals surface area contributed by atoms with Crippen molar-refractivity contribution in [3.8, 4) is 0 Å². The first-order valence-corrected chi connectivity index (χ1v) is 10.0. The lowest BCUT2D eigenvalue weighted by atomic mass is 9.77. The molecule has 0 bridgehead atoms. The summed E-state index contributed by atoms with van der Waals surface area (Å²) in [6, 6.07) is 8.17. The van der Waals surface area contributed by atoms with Crippen LogP contribution in [0, 0.1) is 5.92 Å². The van der Waals surface area contributed by atoms with E-state index in [4.69, 9.17) is 5.73 Å². The third-order valence-electron chi connectivity index (χ3n) is 6.45. The van der Waals surface area contributed by atoms with Gasteiger partial charge in [-0.25, -0.2) is 0 Å². The number of fused-ring (bicyclic) bond motifs is 1. The molecule has 2 aliphatic carbocycles. The Bertz CT molecular complexity index is 682. The van der Waals surface area contributed by atoms with Crippen LogP contribution >= 0.6 is 0 Å². The van der Waals surface area contributed by atoms with Crippen LogP contribution in [0.1, 0.15) is 55.6 Å². The molecule has 2 atom stereocenters. The Morgan fingerprint density at radius 3 is 2.65 bits per heavy atom. The minimum Gasteiger partial charge on any atom is -0.354 e. The first-order valence-electron chi connectivity index (χ1n) is 10.0. The number of rotatable bonds is 4. The predicted octanol–water partition coefficient (Wildman–Crippen LogP) is 1.95. The maximum absolute atomic E-state index is 13.0. The molecule has 0 radical (unpaired) electrons. The molecule has 0 aromatic heterocycles. The van der Waals surface area contributed by atoms with Crippen molar-refractivity contribution in [1.82, 2.24) is 10.2 Å². The summed E-state index contributed by atoms with van der Waals surface area (Å²) in [5.41, 5.74) is 8.36. The molecule has 1 saturated heterocycles. The van der Waals surface area contributed by atoms with Crippen LogP contribution in [0.4, 0.5) is 0 Å². The largest absolute Gasteiger partial charge is 0.354 e. The summed E-state index contributed by atoms with van der Waals surface area (Å²) in [6.07, 6.45) is 6.78. The van der Waals surface area contributed by atoms with Gasteiger partial charge in [0.05, 0.1) is 5.92 Å². The van der Waals surface area contributed by atoms with Crippen molar-refractivity contribution in [2.45, 2.75) is 62.9 Å². The van der Waals surface area contributed by atoms with E-state index in [0.717, 1.165) is 57.1 Å². The van der Waals surface area contributed by atoms with Gasteiger partial charge >= 0.3 is 0 Å². The molecule has 1 aliphatic heterocycles. The molecule has 1 aromatic carbocycles. The molecule has 4 rings (SSSR count). The molecule has 1 saturated carbocycles. The third kappa shape index (κ3) is 3.37. The first-order chi connectivity index (χ1) is 12.6. The van der Waals surface area contributed by atoms with Crippen LogP contribution in [0.15, 0.2) is 24.3 Å². The van der Waals surface area contributed by atoms with Gasteiger partial charge in [-0.2, -0.15) is 0 Å². The first kappa shape index (κ1) is 17.5. The number of nitrogens with one attached hydrogen (secondary N) is 1. The second-order valence-corrected chi connectivity index (χ2v) is 8.17. The van der Waals surface area contributed by atoms with Crippen LogP contribution in [-0.2, 0) is 16.0 Å². The van der Waals surface area contributed by atoms with E-state index in [1.165, 1.54) is 5.56 Å². The van der Waals surface area contributed by atoms with E-state index in [9.17, 15) is 9.59 Å². The van der Waals surface area contributed by atoms with Crippen LogP contribution in [0.5, 0.6) is 0 Å². The number of likely N-dealkylation sites (tertiary alicyclic amines) is 1. The van der Waals surface area contributed by atoms with Gasteiger partial charge in [0.1, 0.15) is 6.04 Å². The molecule has 0 unspecified atom stereocenters. The minimum absolute atomic E-state index is 0.0262. The van der Waals surface area contributed by atoms with Gasteiger partial charge in [0.2, 0.25) is 11.8 Å². The average Bonchev–Trinajstić information content (AvgIpc) is 3.12. The van der Waals surface area contributed by atoms with Gasteiger partial charge in [0, 0.05) is 19.1 Å². The molecule has 2 amide bonds. The van der Waals surface area contributed by atoms with Crippen molar-refractivity contribution in [1.29, 1.82) is 0 Å². The summed E-state index contributed by atoms with van der Waals surface area (Å²) in [7, 11) is 0. The molecule has 26 heavy (non-hydrogen) atoms. The van der Waals surface area contributed by atoms with E-state index in [1.807, 2.05) is 23.1 Å². The van der Waals surface area contributed by atoms with Crippen molar-refractivity contribution in [3.05, 3.63) is 35.4 Å². The lowest BCUT2D eigenvalue weighted by Gasteiger charge is -2.34. The zero-order chi connectivity index (χ0) is 18.1. The second-order valence-electron chi connectivity index (χ2n) is 8.17. The predicted molar refractivity (Wildman–Crippen MR) is 101 cm³/mol. The fraction of sp³-hybridized carbons (Fsp3) is 0.619. The Morgan fingerprint density at radius 2 is 1.88 bits per heavy atom. The molecule has 0 spiro atoms. The monoisotopic (exact) mass is 355 g/mol. The maximum Gasteiger partial charge on any atom is 0.242 e. The quantitative estimate of drug-likeness (QED) is 0.867. The van der Waals surface area contributed by atoms with Crippen molar-refractivity contribution in [2.24, 2.45) is 11.7 Å². The Hall–Kier alpha value is -1.88. The summed E-state index contributed by atoms with van der Waals surface area (Å²) < 4.78 is 0. The zero-order valence-corrected chi connectivity index (χ0v) is 15.3. The summed E-state index contributed by atoms with van der Waals surface area (Å²) in [6.45, 7) is 1.42. The van der Waals surface area contributed by atoms with Crippen molar-refractivity contribution in [3.63, 3.8) is 0 Å². The molecule has 5 nitrogen and oxygen atoms in total. The van der Waals surface area contributed by atoms with Crippen LogP contribution in [0.25, 0.3) is 0 Å². The highest BCUT2D eigenvalue weighted by molar-refractivity contribution is 5.92. The summed E-state index contributed by atoms with van der Waals surface area (Å²) >= 11 is 0. The minimum atomic E-state index is -0.291. The molecule has 140 valence electrons. The highest BCUT2D eigenvalue weighted by Gasteiger charge is 2.41. The molecule has 3 aliphatic rings. The summed E-state index contributed by atoms with van der Waals surface area (Å²) in [5.74, 6) is 0.630. The number of hydrogen-bond acceptors (Lipinski definition) is 3. The molecule has 3 N–H and O–H groups in total. The van der Waals surface area contributed by atoms with Crippen LogP contribution < -0.4 is 11.1 Å². The Kier molecular flexibility index (Phi) is 4.98. The number of carbonyl (C=O) groups excluding carboxylic acids is 2. The lowest BCUT2D eigenvalue weighted by Crippen LogP contribution is -2.49. The number of nitrogens with zero attached hydrogens (tertiary/aromatic N) is 1. The van der Waals surface area contributed by atoms with E-state index < -0.39 is 0 Å². The van der Waals surface area contributed by atoms with E-state index >= 15 is 0 Å². The highest BCUT2D eigenvalue weighted by Crippen LogP contribution is 2.37. The molecular formula is C21H29N3O2. The third-order valence-corrected chi connectivity index (χ3v) is 6.45. The van der Waals surface area contributed by atoms with Gasteiger partial charge in [0.15, 0.2) is 0 Å². The second kappa shape index (κ2) is 7.39. The fourth-order valence-electron chi connectivity index (χ4n) is 4.74. The smallest absolute Gasteiger partial charge is 0.242 e. The van der Waals surface area contributed by atoms with Gasteiger partial charge in [0.25, 0.3) is 0 Å². The van der Waals surface area contributed by atoms with E-state index in [2.05, 4.69) is 11.4 Å².